The van der Waals surface area contributed by atoms with E-state index in [0.29, 0.717) is 23.7 Å². The molecule has 3 rings (SSSR count). The summed E-state index contributed by atoms with van der Waals surface area (Å²) in [6.45, 7) is 3.01. The molecule has 1 fully saturated rings. The van der Waals surface area contributed by atoms with Gasteiger partial charge in [-0.25, -0.2) is 8.42 Å². The number of benzene rings is 2. The van der Waals surface area contributed by atoms with Crippen molar-refractivity contribution in [2.24, 2.45) is 0 Å². The molecule has 0 aliphatic carbocycles. The van der Waals surface area contributed by atoms with Crippen LogP contribution in [0.2, 0.25) is 0 Å². The van der Waals surface area contributed by atoms with Crippen LogP contribution in [-0.2, 0) is 21.2 Å². The van der Waals surface area contributed by atoms with Gasteiger partial charge in [0.15, 0.2) is 0 Å². The largest absolute Gasteiger partial charge is 0.371 e. The van der Waals surface area contributed by atoms with Gasteiger partial charge < -0.3 is 4.74 Å². The van der Waals surface area contributed by atoms with E-state index in [1.807, 2.05) is 37.3 Å². The highest BCUT2D eigenvalue weighted by atomic mass is 32.2. The summed E-state index contributed by atoms with van der Waals surface area (Å²) in [5, 5.41) is 0. The van der Waals surface area contributed by atoms with Crippen LogP contribution in [-0.4, -0.2) is 27.7 Å². The number of sulfonamides is 1. The Morgan fingerprint density at radius 3 is 2.27 bits per heavy atom. The smallest absolute Gasteiger partial charge is 0.264 e. The average molecular weight is 317 g/mol. The summed E-state index contributed by atoms with van der Waals surface area (Å²) in [7, 11) is -3.58. The molecule has 1 unspecified atom stereocenters. The monoisotopic (exact) mass is 317 g/mol. The van der Waals surface area contributed by atoms with Gasteiger partial charge in [0.1, 0.15) is 0 Å². The molecule has 1 aliphatic rings. The molecule has 22 heavy (non-hydrogen) atoms. The molecule has 0 bridgehead atoms. The Balaban J connectivity index is 1.97. The van der Waals surface area contributed by atoms with Crippen molar-refractivity contribution in [2.45, 2.75) is 24.3 Å². The number of anilines is 1. The summed E-state index contributed by atoms with van der Waals surface area (Å²) in [4.78, 5) is 0.314. The maximum absolute atomic E-state index is 13.0. The van der Waals surface area contributed by atoms with E-state index in [9.17, 15) is 8.42 Å². The Morgan fingerprint density at radius 1 is 1.09 bits per heavy atom. The maximum atomic E-state index is 13.0. The highest BCUT2D eigenvalue weighted by Crippen LogP contribution is 2.26. The van der Waals surface area contributed by atoms with Crippen LogP contribution in [0.1, 0.15) is 12.5 Å². The third-order valence-corrected chi connectivity index (χ3v) is 5.54. The fourth-order valence-electron chi connectivity index (χ4n) is 2.32. The Bertz CT molecular complexity index is 722. The Kier molecular flexibility index (Phi) is 4.18. The first-order chi connectivity index (χ1) is 10.6. The predicted molar refractivity (Wildman–Crippen MR) is 86.5 cm³/mol. The third kappa shape index (κ3) is 3.15. The molecule has 1 aliphatic heterocycles. The molecule has 0 aromatic heterocycles. The second-order valence-corrected chi connectivity index (χ2v) is 7.19. The fraction of sp³-hybridized carbons (Fsp3) is 0.294. The van der Waals surface area contributed by atoms with E-state index in [1.54, 1.807) is 24.3 Å². The van der Waals surface area contributed by atoms with Gasteiger partial charge in [0.05, 0.1) is 29.8 Å². The van der Waals surface area contributed by atoms with Gasteiger partial charge in [-0.15, -0.1) is 0 Å². The zero-order chi connectivity index (χ0) is 15.6. The van der Waals surface area contributed by atoms with E-state index < -0.39 is 10.0 Å². The molecule has 5 heteroatoms. The number of rotatable bonds is 6. The normalized spacial score (nSPS) is 17.2. The molecule has 0 radical (unpaired) electrons. The number of ether oxygens (including phenoxy) is 1. The van der Waals surface area contributed by atoms with Gasteiger partial charge in [0.2, 0.25) is 0 Å². The highest BCUT2D eigenvalue weighted by Gasteiger charge is 2.32. The van der Waals surface area contributed by atoms with Crippen LogP contribution < -0.4 is 4.31 Å². The average Bonchev–Trinajstić information content (AvgIpc) is 3.37. The molecular formula is C17H19NO3S. The van der Waals surface area contributed by atoms with Gasteiger partial charge in [-0.05, 0) is 36.2 Å². The molecule has 0 spiro atoms. The Labute approximate surface area is 131 Å². The van der Waals surface area contributed by atoms with Crippen molar-refractivity contribution in [3.8, 4) is 0 Å². The number of epoxide rings is 1. The molecule has 4 nitrogen and oxygen atoms in total. The van der Waals surface area contributed by atoms with Gasteiger partial charge >= 0.3 is 0 Å². The lowest BCUT2D eigenvalue weighted by Gasteiger charge is -2.24. The van der Waals surface area contributed by atoms with Crippen molar-refractivity contribution in [1.29, 1.82) is 0 Å². The van der Waals surface area contributed by atoms with Crippen LogP contribution in [0, 0.1) is 0 Å². The van der Waals surface area contributed by atoms with Crippen LogP contribution in [0.25, 0.3) is 0 Å². The van der Waals surface area contributed by atoms with E-state index in [-0.39, 0.29) is 6.10 Å². The van der Waals surface area contributed by atoms with Crippen LogP contribution in [0.15, 0.2) is 59.5 Å². The van der Waals surface area contributed by atoms with Gasteiger partial charge in [-0.2, -0.15) is 0 Å². The van der Waals surface area contributed by atoms with E-state index >= 15 is 0 Å². The molecule has 0 amide bonds. The van der Waals surface area contributed by atoms with Gasteiger partial charge in [0, 0.05) is 0 Å². The minimum Gasteiger partial charge on any atom is -0.371 e. The number of hydrogen-bond acceptors (Lipinski definition) is 3. The first-order valence-corrected chi connectivity index (χ1v) is 8.83. The molecule has 0 N–H and O–H groups in total. The lowest BCUT2D eigenvalue weighted by atomic mass is 10.2. The first-order valence-electron chi connectivity index (χ1n) is 7.39. The topological polar surface area (TPSA) is 49.9 Å². The quantitative estimate of drug-likeness (QED) is 0.770. The summed E-state index contributed by atoms with van der Waals surface area (Å²) in [6.07, 6.45) is 0.878. The Morgan fingerprint density at radius 2 is 1.73 bits per heavy atom. The number of nitrogens with zero attached hydrogens (tertiary/aromatic N) is 1. The van der Waals surface area contributed by atoms with Crippen LogP contribution >= 0.6 is 0 Å². The summed E-state index contributed by atoms with van der Waals surface area (Å²) < 4.78 is 32.6. The molecule has 2 aromatic rings. The van der Waals surface area contributed by atoms with Crippen LogP contribution in [0.5, 0.6) is 0 Å². The lowest BCUT2D eigenvalue weighted by molar-refractivity contribution is 0.412. The SMILES string of the molecule is CCc1ccc(S(=O)(=O)N(CC2CO2)c2ccccc2)cc1. The van der Waals surface area contributed by atoms with E-state index in [4.69, 9.17) is 4.74 Å². The van der Waals surface area contributed by atoms with Crippen LogP contribution in [0.3, 0.4) is 0 Å². The highest BCUT2D eigenvalue weighted by molar-refractivity contribution is 7.92. The second-order valence-electron chi connectivity index (χ2n) is 5.32. The summed E-state index contributed by atoms with van der Waals surface area (Å²) in [5.41, 5.74) is 1.79. The molecule has 1 heterocycles. The molecule has 0 saturated carbocycles. The van der Waals surface area contributed by atoms with Crippen molar-refractivity contribution < 1.29 is 13.2 Å². The molecular weight excluding hydrogens is 298 g/mol. The zero-order valence-corrected chi connectivity index (χ0v) is 13.3. The summed E-state index contributed by atoms with van der Waals surface area (Å²) >= 11 is 0. The van der Waals surface area contributed by atoms with Crippen molar-refractivity contribution in [1.82, 2.24) is 0 Å². The third-order valence-electron chi connectivity index (χ3n) is 3.74. The van der Waals surface area contributed by atoms with E-state index in [1.165, 1.54) is 4.31 Å². The van der Waals surface area contributed by atoms with Gasteiger partial charge in [0.25, 0.3) is 10.0 Å². The zero-order valence-electron chi connectivity index (χ0n) is 12.5. The van der Waals surface area contributed by atoms with Crippen molar-refractivity contribution in [2.75, 3.05) is 17.5 Å². The van der Waals surface area contributed by atoms with Crippen LogP contribution in [0.4, 0.5) is 5.69 Å². The number of hydrogen-bond donors (Lipinski definition) is 0. The minimum absolute atomic E-state index is 0.00936. The van der Waals surface area contributed by atoms with Crippen molar-refractivity contribution in [3.63, 3.8) is 0 Å². The maximum Gasteiger partial charge on any atom is 0.264 e. The van der Waals surface area contributed by atoms with E-state index in [2.05, 4.69) is 0 Å². The molecule has 1 saturated heterocycles. The van der Waals surface area contributed by atoms with Crippen molar-refractivity contribution >= 4 is 15.7 Å². The lowest BCUT2D eigenvalue weighted by Crippen LogP contribution is -2.34. The standard InChI is InChI=1S/C17H19NO3S/c1-2-14-8-10-17(11-9-14)22(19,20)18(12-16-13-21-16)15-6-4-3-5-7-15/h3-11,16H,2,12-13H2,1H3. The van der Waals surface area contributed by atoms with Gasteiger partial charge in [-0.1, -0.05) is 37.3 Å². The molecule has 116 valence electrons. The Hall–Kier alpha value is -1.85. The minimum atomic E-state index is -3.58. The van der Waals surface area contributed by atoms with Crippen molar-refractivity contribution in [3.05, 3.63) is 60.2 Å². The van der Waals surface area contributed by atoms with Gasteiger partial charge in [-0.3, -0.25) is 4.31 Å². The summed E-state index contributed by atoms with van der Waals surface area (Å²) in [6, 6.07) is 16.2. The second kappa shape index (κ2) is 6.10. The molecule has 1 atom stereocenters. The first kappa shape index (κ1) is 15.1. The summed E-state index contributed by atoms with van der Waals surface area (Å²) in [5.74, 6) is 0. The molecule has 2 aromatic carbocycles. The van der Waals surface area contributed by atoms with E-state index in [0.717, 1.165) is 12.0 Å². The number of aryl methyl sites for hydroxylation is 1. The number of para-hydroxylation sites is 1. The fourth-order valence-corrected chi connectivity index (χ4v) is 3.82. The predicted octanol–water partition coefficient (Wildman–Crippen LogP) is 2.84.